The fraction of sp³-hybridized carbons (Fsp3) is 0.333. The van der Waals surface area contributed by atoms with Gasteiger partial charge in [-0.2, -0.15) is 0 Å². The van der Waals surface area contributed by atoms with Gasteiger partial charge in [0.15, 0.2) is 0 Å². The highest BCUT2D eigenvalue weighted by atomic mass is 16.3. The predicted octanol–water partition coefficient (Wildman–Crippen LogP) is 4.51. The summed E-state index contributed by atoms with van der Waals surface area (Å²) in [5.41, 5.74) is -5.34. The minimum Gasteiger partial charge on any atom is -0.385 e. The molecule has 3 rings (SSSR count). The molecule has 0 radical (unpaired) electrons. The molecule has 1 fully saturated rings. The molecule has 2 aromatic carbocycles. The summed E-state index contributed by atoms with van der Waals surface area (Å²) in [6.07, 6.45) is -5.93. The first-order chi connectivity index (χ1) is 14.5. The summed E-state index contributed by atoms with van der Waals surface area (Å²) in [4.78, 5) is 0. The Labute approximate surface area is 133 Å². The quantitative estimate of drug-likeness (QED) is 0.847. The van der Waals surface area contributed by atoms with Gasteiger partial charge in [0.05, 0.1) is 17.9 Å². The first-order valence-corrected chi connectivity index (χ1v) is 5.93. The number of hydrogen-bond donors (Lipinski definition) is 1. The molecule has 19 heavy (non-hydrogen) atoms. The van der Waals surface area contributed by atoms with Gasteiger partial charge in [0, 0.05) is 5.48 Å². The average molecular weight is 265 g/mol. The lowest BCUT2D eigenvalue weighted by Crippen LogP contribution is -2.29. The molecule has 1 N–H and O–H groups in total. The van der Waals surface area contributed by atoms with E-state index < -0.39 is 89.4 Å². The molecule has 1 saturated carbocycles. The molecule has 1 heteroatoms. The molecular formula is C18H20O. The van der Waals surface area contributed by atoms with Crippen LogP contribution in [-0.4, -0.2) is 5.11 Å². The van der Waals surface area contributed by atoms with Crippen LogP contribution in [0.3, 0.4) is 0 Å². The molecule has 1 aliphatic rings. The molecule has 0 bridgehead atoms. The van der Waals surface area contributed by atoms with Crippen LogP contribution in [0, 0.1) is 0 Å². The van der Waals surface area contributed by atoms with E-state index in [1.54, 1.807) is 0 Å². The number of hydrogen-bond acceptors (Lipinski definition) is 1. The Hall–Kier alpha value is -1.60. The second kappa shape index (κ2) is 5.18. The van der Waals surface area contributed by atoms with Crippen LogP contribution in [0.15, 0.2) is 54.4 Å². The van der Waals surface area contributed by atoms with Gasteiger partial charge in [-0.1, -0.05) is 73.6 Å². The van der Waals surface area contributed by atoms with Crippen molar-refractivity contribution in [3.05, 3.63) is 59.9 Å². The first kappa shape index (κ1) is 4.46. The first-order valence-electron chi connectivity index (χ1n) is 12.4. The molecule has 0 heterocycles. The largest absolute Gasteiger partial charge is 0.385 e. The Morgan fingerprint density at radius 2 is 1.53 bits per heavy atom. The Kier molecular flexibility index (Phi) is 1.22. The van der Waals surface area contributed by atoms with E-state index in [0.29, 0.717) is 0 Å². The van der Waals surface area contributed by atoms with Crippen LogP contribution in [-0.2, 0) is 5.60 Å². The smallest absolute Gasteiger partial charge is 0.0902 e. The van der Waals surface area contributed by atoms with E-state index in [2.05, 4.69) is 0 Å². The molecule has 0 unspecified atom stereocenters. The predicted molar refractivity (Wildman–Crippen MR) is 78.9 cm³/mol. The molecule has 2 aromatic rings. The van der Waals surface area contributed by atoms with Crippen molar-refractivity contribution in [3.63, 3.8) is 0 Å². The van der Waals surface area contributed by atoms with Crippen molar-refractivity contribution in [1.29, 1.82) is 0 Å². The fourth-order valence-corrected chi connectivity index (χ4v) is 2.01. The topological polar surface area (TPSA) is 20.2 Å². The van der Waals surface area contributed by atoms with Crippen LogP contribution in [0.25, 0.3) is 11.1 Å². The molecule has 0 atom stereocenters. The van der Waals surface area contributed by atoms with E-state index in [0.717, 1.165) is 0 Å². The number of rotatable bonds is 2. The molecule has 0 aliphatic heterocycles. The SMILES string of the molecule is [2H]c1c([2H])c([2H])c(-c2c([2H])c([2H])c([2H])c([2H])c2C2(O)C([2H])([2H])CCCC2([2H])[2H])c([2H])c1[2H]. The number of benzene rings is 2. The minimum absolute atomic E-state index is 0.0671. The molecule has 98 valence electrons. The van der Waals surface area contributed by atoms with E-state index >= 15 is 0 Å². The molecule has 1 nitrogen and oxygen atoms in total. The van der Waals surface area contributed by atoms with Gasteiger partial charge < -0.3 is 5.11 Å². The molecule has 0 aromatic heterocycles. The van der Waals surface area contributed by atoms with E-state index in [9.17, 15) is 5.11 Å². The van der Waals surface area contributed by atoms with Crippen molar-refractivity contribution in [1.82, 2.24) is 0 Å². The second-order valence-corrected chi connectivity index (χ2v) is 4.17. The fourth-order valence-electron chi connectivity index (χ4n) is 2.01. The van der Waals surface area contributed by atoms with Gasteiger partial charge in [-0.25, -0.2) is 0 Å². The third-order valence-electron chi connectivity index (χ3n) is 2.91. The van der Waals surface area contributed by atoms with Crippen LogP contribution >= 0.6 is 0 Å². The summed E-state index contributed by atoms with van der Waals surface area (Å²) < 4.78 is 106. The van der Waals surface area contributed by atoms with Crippen LogP contribution in [0.2, 0.25) is 0 Å². The van der Waals surface area contributed by atoms with Crippen molar-refractivity contribution in [2.45, 2.75) is 37.6 Å². The molecule has 0 amide bonds. The van der Waals surface area contributed by atoms with E-state index in [-0.39, 0.29) is 19.3 Å². The van der Waals surface area contributed by atoms with E-state index in [1.165, 1.54) is 0 Å². The lowest BCUT2D eigenvalue weighted by molar-refractivity contribution is -0.0000931. The maximum atomic E-state index is 11.6. The van der Waals surface area contributed by atoms with Gasteiger partial charge in [-0.15, -0.1) is 0 Å². The zero-order valence-electron chi connectivity index (χ0n) is 23.1. The third-order valence-corrected chi connectivity index (χ3v) is 2.91. The standard InChI is InChI=1S/C18H20O/c19-18(13-7-2-8-14-18)17-12-6-5-11-16(17)15-9-3-1-4-10-15/h1,3-6,9-12,19H,2,7-8,13-14H2/i1D,3D,4D,5D,6D,9D,10D,11D,12D,13D2,14D2. The van der Waals surface area contributed by atoms with Gasteiger partial charge >= 0.3 is 0 Å². The Bertz CT molecular complexity index is 1080. The monoisotopic (exact) mass is 265 g/mol. The van der Waals surface area contributed by atoms with Gasteiger partial charge in [0.1, 0.15) is 0 Å². The maximum absolute atomic E-state index is 11.6. The van der Waals surface area contributed by atoms with E-state index in [4.69, 9.17) is 17.8 Å². The van der Waals surface area contributed by atoms with Crippen molar-refractivity contribution in [2.75, 3.05) is 0 Å². The Morgan fingerprint density at radius 3 is 2.26 bits per heavy atom. The summed E-state index contributed by atoms with van der Waals surface area (Å²) in [5, 5.41) is 11.6. The van der Waals surface area contributed by atoms with Crippen molar-refractivity contribution < 1.29 is 22.9 Å². The van der Waals surface area contributed by atoms with Crippen LogP contribution < -0.4 is 0 Å². The maximum Gasteiger partial charge on any atom is 0.0902 e. The molecule has 0 saturated heterocycles. The van der Waals surface area contributed by atoms with Crippen LogP contribution in [0.4, 0.5) is 0 Å². The van der Waals surface area contributed by atoms with Crippen molar-refractivity contribution in [3.8, 4) is 11.1 Å². The highest BCUT2D eigenvalue weighted by molar-refractivity contribution is 5.68. The van der Waals surface area contributed by atoms with Gasteiger partial charge in [-0.3, -0.25) is 0 Å². The minimum atomic E-state index is -3.09. The lowest BCUT2D eigenvalue weighted by Gasteiger charge is -2.34. The normalized spacial score (nSPS) is 33.2. The summed E-state index contributed by atoms with van der Waals surface area (Å²) >= 11 is 0. The summed E-state index contributed by atoms with van der Waals surface area (Å²) in [5.74, 6) is 0. The number of aliphatic hydroxyl groups is 1. The van der Waals surface area contributed by atoms with Gasteiger partial charge in [0.25, 0.3) is 0 Å². The van der Waals surface area contributed by atoms with Crippen molar-refractivity contribution in [2.24, 2.45) is 0 Å². The molecule has 1 aliphatic carbocycles. The molecular weight excluding hydrogens is 232 g/mol. The molecule has 0 spiro atoms. The van der Waals surface area contributed by atoms with Crippen LogP contribution in [0.1, 0.15) is 55.4 Å². The summed E-state index contributed by atoms with van der Waals surface area (Å²) in [6, 6.07) is -7.47. The average Bonchev–Trinajstić information content (AvgIpc) is 2.71. The van der Waals surface area contributed by atoms with Gasteiger partial charge in [-0.05, 0) is 29.4 Å². The Morgan fingerprint density at radius 1 is 0.895 bits per heavy atom. The van der Waals surface area contributed by atoms with Gasteiger partial charge in [0.2, 0.25) is 0 Å². The lowest BCUT2D eigenvalue weighted by atomic mass is 9.77. The van der Waals surface area contributed by atoms with Crippen molar-refractivity contribution >= 4 is 0 Å². The third kappa shape index (κ3) is 2.43. The second-order valence-electron chi connectivity index (χ2n) is 4.17. The van der Waals surface area contributed by atoms with E-state index in [1.807, 2.05) is 0 Å². The zero-order chi connectivity index (χ0) is 24.5. The van der Waals surface area contributed by atoms with Crippen LogP contribution in [0.5, 0.6) is 0 Å². The zero-order valence-corrected chi connectivity index (χ0v) is 10.1. The summed E-state index contributed by atoms with van der Waals surface area (Å²) in [7, 11) is 0. The summed E-state index contributed by atoms with van der Waals surface area (Å²) in [6.45, 7) is 0. The highest BCUT2D eigenvalue weighted by Gasteiger charge is 2.32. The highest BCUT2D eigenvalue weighted by Crippen LogP contribution is 2.41. The Balaban J connectivity index is 2.64.